The number of rotatable bonds is 7. The third kappa shape index (κ3) is 4.99. The number of para-hydroxylation sites is 1. The van der Waals surface area contributed by atoms with Crippen LogP contribution in [0.5, 0.6) is 0 Å². The monoisotopic (exact) mass is 528 g/mol. The van der Waals surface area contributed by atoms with Gasteiger partial charge in [-0.25, -0.2) is 0 Å². The first kappa shape index (κ1) is 25.1. The maximum atomic E-state index is 13.2. The third-order valence-electron chi connectivity index (χ3n) is 6.53. The highest BCUT2D eigenvalue weighted by atomic mass is 35.5. The van der Waals surface area contributed by atoms with E-state index in [2.05, 4.69) is 17.6 Å². The molecule has 37 heavy (non-hydrogen) atoms. The number of carbonyl (C=O) groups is 3. The molecule has 2 heterocycles. The van der Waals surface area contributed by atoms with Crippen molar-refractivity contribution in [2.24, 2.45) is 0 Å². The molecule has 7 heteroatoms. The lowest BCUT2D eigenvalue weighted by Gasteiger charge is -2.11. The Morgan fingerprint density at radius 1 is 0.973 bits per heavy atom. The molecule has 2 amide bonds. The summed E-state index contributed by atoms with van der Waals surface area (Å²) in [6.45, 7) is 4.34. The number of halogens is 1. The molecule has 0 N–H and O–H groups in total. The Kier molecular flexibility index (Phi) is 7.04. The van der Waals surface area contributed by atoms with E-state index >= 15 is 0 Å². The van der Waals surface area contributed by atoms with Crippen LogP contribution in [0.3, 0.4) is 0 Å². The molecule has 0 aliphatic carbocycles. The molecular weight excluding hydrogens is 504 g/mol. The average Bonchev–Trinajstić information content (AvgIpc) is 3.37. The summed E-state index contributed by atoms with van der Waals surface area (Å²) in [6, 6.07) is 21.0. The highest BCUT2D eigenvalue weighted by molar-refractivity contribution is 8.18. The number of aryl methyl sites for hydroxylation is 2. The molecule has 0 saturated carbocycles. The summed E-state index contributed by atoms with van der Waals surface area (Å²) in [5.74, 6) is -0.721. The van der Waals surface area contributed by atoms with Crippen molar-refractivity contribution in [3.05, 3.63) is 111 Å². The fourth-order valence-electron chi connectivity index (χ4n) is 4.55. The van der Waals surface area contributed by atoms with E-state index in [1.807, 2.05) is 61.7 Å². The van der Waals surface area contributed by atoms with Crippen LogP contribution < -0.4 is 0 Å². The molecule has 3 aromatic carbocycles. The van der Waals surface area contributed by atoms with Gasteiger partial charge < -0.3 is 4.57 Å². The molecule has 1 aromatic heterocycles. The van der Waals surface area contributed by atoms with Crippen molar-refractivity contribution < 1.29 is 14.4 Å². The minimum Gasteiger partial charge on any atom is -0.342 e. The van der Waals surface area contributed by atoms with Gasteiger partial charge in [0.2, 0.25) is 0 Å². The predicted molar refractivity (Wildman–Crippen MR) is 150 cm³/mol. The minimum atomic E-state index is -0.450. The quantitative estimate of drug-likeness (QED) is 0.189. The fraction of sp³-hybridized carbons (Fsp3) is 0.167. The van der Waals surface area contributed by atoms with Gasteiger partial charge in [0.15, 0.2) is 5.78 Å². The average molecular weight is 529 g/mol. The summed E-state index contributed by atoms with van der Waals surface area (Å²) < 4.78 is 2.15. The zero-order valence-corrected chi connectivity index (χ0v) is 22.1. The molecule has 4 aromatic rings. The summed E-state index contributed by atoms with van der Waals surface area (Å²) >= 11 is 7.31. The van der Waals surface area contributed by atoms with Crippen LogP contribution in [0.1, 0.15) is 39.5 Å². The van der Waals surface area contributed by atoms with Crippen LogP contribution >= 0.6 is 23.4 Å². The van der Waals surface area contributed by atoms with Crippen molar-refractivity contribution in [2.45, 2.75) is 26.8 Å². The van der Waals surface area contributed by atoms with Crippen molar-refractivity contribution in [2.75, 3.05) is 6.54 Å². The van der Waals surface area contributed by atoms with Crippen LogP contribution in [-0.2, 0) is 17.8 Å². The van der Waals surface area contributed by atoms with Crippen LogP contribution in [0.4, 0.5) is 4.79 Å². The molecule has 1 aliphatic heterocycles. The second-order valence-electron chi connectivity index (χ2n) is 9.03. The first-order valence-electron chi connectivity index (χ1n) is 12.0. The zero-order valence-electron chi connectivity index (χ0n) is 20.5. The Bertz CT molecular complexity index is 1570. The van der Waals surface area contributed by atoms with Gasteiger partial charge in [0.25, 0.3) is 11.1 Å². The number of Topliss-reactive ketones (excluding diaryl/α,β-unsaturated/α-hetero) is 1. The maximum Gasteiger partial charge on any atom is 0.293 e. The molecule has 5 nitrogen and oxygen atoms in total. The van der Waals surface area contributed by atoms with Gasteiger partial charge in [-0.2, -0.15) is 0 Å². The summed E-state index contributed by atoms with van der Waals surface area (Å²) in [5.41, 5.74) is 5.60. The zero-order chi connectivity index (χ0) is 26.1. The van der Waals surface area contributed by atoms with E-state index in [1.54, 1.807) is 18.2 Å². The van der Waals surface area contributed by atoms with Crippen molar-refractivity contribution in [3.63, 3.8) is 0 Å². The molecule has 1 fully saturated rings. The van der Waals surface area contributed by atoms with E-state index in [0.717, 1.165) is 50.7 Å². The molecule has 1 saturated heterocycles. The Morgan fingerprint density at radius 2 is 1.70 bits per heavy atom. The number of imide groups is 1. The number of hydrogen-bond donors (Lipinski definition) is 0. The van der Waals surface area contributed by atoms with Crippen LogP contribution in [0, 0.1) is 6.92 Å². The Labute approximate surface area is 224 Å². The number of fused-ring (bicyclic) bond motifs is 1. The second-order valence-corrected chi connectivity index (χ2v) is 10.4. The highest BCUT2D eigenvalue weighted by Gasteiger charge is 2.36. The molecule has 0 radical (unpaired) electrons. The maximum absolute atomic E-state index is 13.2. The van der Waals surface area contributed by atoms with Crippen LogP contribution in [0.25, 0.3) is 17.0 Å². The number of ketones is 1. The van der Waals surface area contributed by atoms with E-state index in [0.29, 0.717) is 22.0 Å². The number of carbonyl (C=O) groups excluding carboxylic acids is 3. The molecule has 0 unspecified atom stereocenters. The lowest BCUT2D eigenvalue weighted by molar-refractivity contribution is -0.122. The normalized spacial score (nSPS) is 14.8. The number of aromatic nitrogens is 1. The predicted octanol–water partition coefficient (Wildman–Crippen LogP) is 7.13. The van der Waals surface area contributed by atoms with Gasteiger partial charge in [-0.05, 0) is 48.4 Å². The van der Waals surface area contributed by atoms with E-state index in [4.69, 9.17) is 11.6 Å². The van der Waals surface area contributed by atoms with Gasteiger partial charge in [-0.15, -0.1) is 0 Å². The van der Waals surface area contributed by atoms with Crippen LogP contribution in [0.2, 0.25) is 5.02 Å². The minimum absolute atomic E-state index is 0.271. The van der Waals surface area contributed by atoms with Gasteiger partial charge in [0, 0.05) is 34.3 Å². The Balaban J connectivity index is 1.48. The van der Waals surface area contributed by atoms with Gasteiger partial charge in [0.05, 0.1) is 17.0 Å². The van der Waals surface area contributed by atoms with E-state index in [1.165, 1.54) is 5.56 Å². The summed E-state index contributed by atoms with van der Waals surface area (Å²) in [6.07, 6.45) is 4.60. The number of nitrogens with zero attached hydrogens (tertiary/aromatic N) is 2. The van der Waals surface area contributed by atoms with Gasteiger partial charge in [0.1, 0.15) is 0 Å². The van der Waals surface area contributed by atoms with Crippen molar-refractivity contribution in [3.8, 4) is 0 Å². The van der Waals surface area contributed by atoms with Crippen LogP contribution in [-0.4, -0.2) is 32.9 Å². The third-order valence-corrected chi connectivity index (χ3v) is 7.80. The second kappa shape index (κ2) is 10.4. The number of benzene rings is 3. The molecule has 5 rings (SSSR count). The number of thioether (sulfide) groups is 1. The molecule has 186 valence electrons. The number of amides is 2. The standard InChI is InChI=1S/C30H25ClN2O3S/c1-3-20-8-6-9-24-23(17-32(28(20)24)16-22-7-4-5-10-25(22)31)15-27-29(35)33(30(36)37-27)18-26(34)21-13-11-19(2)12-14-21/h4-15,17H,3,16,18H2,1-2H3/b27-15-. The topological polar surface area (TPSA) is 59.4 Å². The van der Waals surface area contributed by atoms with Crippen molar-refractivity contribution in [1.82, 2.24) is 9.47 Å². The van der Waals surface area contributed by atoms with Gasteiger partial charge in [-0.1, -0.05) is 84.8 Å². The Hall–Kier alpha value is -3.61. The summed E-state index contributed by atoms with van der Waals surface area (Å²) in [7, 11) is 0. The SMILES string of the molecule is CCc1cccc2c(/C=C3\SC(=O)N(CC(=O)c4ccc(C)cc4)C3=O)cn(Cc3ccccc3Cl)c12. The lowest BCUT2D eigenvalue weighted by Crippen LogP contribution is -2.33. The lowest BCUT2D eigenvalue weighted by atomic mass is 10.1. The fourth-order valence-corrected chi connectivity index (χ4v) is 5.58. The molecular formula is C30H25ClN2O3S. The van der Waals surface area contributed by atoms with E-state index < -0.39 is 11.1 Å². The summed E-state index contributed by atoms with van der Waals surface area (Å²) in [5, 5.41) is 1.25. The van der Waals surface area contributed by atoms with Gasteiger partial charge >= 0.3 is 0 Å². The molecule has 0 bridgehead atoms. The molecule has 0 atom stereocenters. The van der Waals surface area contributed by atoms with Crippen molar-refractivity contribution in [1.29, 1.82) is 0 Å². The molecule has 1 aliphatic rings. The molecule has 0 spiro atoms. The Morgan fingerprint density at radius 3 is 2.43 bits per heavy atom. The smallest absolute Gasteiger partial charge is 0.293 e. The van der Waals surface area contributed by atoms with Crippen molar-refractivity contribution >= 4 is 57.3 Å². The highest BCUT2D eigenvalue weighted by Crippen LogP contribution is 2.35. The van der Waals surface area contributed by atoms with Gasteiger partial charge in [-0.3, -0.25) is 19.3 Å². The number of hydrogen-bond acceptors (Lipinski definition) is 4. The largest absolute Gasteiger partial charge is 0.342 e. The van der Waals surface area contributed by atoms with E-state index in [-0.39, 0.29) is 12.3 Å². The first-order chi connectivity index (χ1) is 17.9. The van der Waals surface area contributed by atoms with E-state index in [9.17, 15) is 14.4 Å². The first-order valence-corrected chi connectivity index (χ1v) is 13.2. The van der Waals surface area contributed by atoms with Crippen LogP contribution in [0.15, 0.2) is 77.8 Å². The summed E-state index contributed by atoms with van der Waals surface area (Å²) in [4.78, 5) is 40.0.